The quantitative estimate of drug-likeness (QED) is 0.429. The van der Waals surface area contributed by atoms with Gasteiger partial charge in [-0.2, -0.15) is 0 Å². The molecule has 3 nitrogen and oxygen atoms in total. The van der Waals surface area contributed by atoms with Gasteiger partial charge in [-0.1, -0.05) is 26.2 Å². The van der Waals surface area contributed by atoms with Crippen LogP contribution in [0.1, 0.15) is 39.0 Å². The smallest absolute Gasteiger partial charge is 0.106 e. The molecule has 0 rings (SSSR count). The fraction of sp³-hybridized carbons (Fsp3) is 1.00. The van der Waals surface area contributed by atoms with Gasteiger partial charge in [0.2, 0.25) is 0 Å². The third-order valence-corrected chi connectivity index (χ3v) is 1.78. The highest BCUT2D eigenvalue weighted by Gasteiger charge is 1.99. The third kappa shape index (κ3) is 7.98. The summed E-state index contributed by atoms with van der Waals surface area (Å²) in [7, 11) is 0. The molecule has 0 aromatic rings. The molecule has 0 heterocycles. The van der Waals surface area contributed by atoms with Crippen molar-refractivity contribution in [3.8, 4) is 0 Å². The first-order valence-electron chi connectivity index (χ1n) is 4.88. The zero-order valence-corrected chi connectivity index (χ0v) is 8.09. The number of rotatable bonds is 8. The molecule has 0 aromatic heterocycles. The minimum absolute atomic E-state index is 0.156. The molecule has 0 saturated heterocycles. The molecule has 12 heavy (non-hydrogen) atoms. The van der Waals surface area contributed by atoms with Gasteiger partial charge in [0.1, 0.15) is 6.23 Å². The molecule has 3 heteroatoms. The second-order valence-corrected chi connectivity index (χ2v) is 3.05. The van der Waals surface area contributed by atoms with Crippen molar-refractivity contribution in [1.29, 1.82) is 0 Å². The van der Waals surface area contributed by atoms with Crippen LogP contribution in [0.15, 0.2) is 0 Å². The summed E-state index contributed by atoms with van der Waals surface area (Å²) in [6.07, 6.45) is 5.51. The summed E-state index contributed by atoms with van der Waals surface area (Å²) in [5, 5.41) is 0. The van der Waals surface area contributed by atoms with Gasteiger partial charge in [-0.3, -0.25) is 0 Å². The van der Waals surface area contributed by atoms with Gasteiger partial charge in [-0.25, -0.2) is 0 Å². The number of ether oxygens (including phenoxy) is 1. The molecule has 1 unspecified atom stereocenters. The van der Waals surface area contributed by atoms with Gasteiger partial charge in [0.25, 0.3) is 0 Å². The molecular formula is C9H22N2O. The highest BCUT2D eigenvalue weighted by Crippen LogP contribution is 2.00. The summed E-state index contributed by atoms with van der Waals surface area (Å²) in [5.41, 5.74) is 10.9. The van der Waals surface area contributed by atoms with Crippen LogP contribution in [-0.4, -0.2) is 19.4 Å². The lowest BCUT2D eigenvalue weighted by atomic mass is 10.2. The average molecular weight is 174 g/mol. The summed E-state index contributed by atoms with van der Waals surface area (Å²) >= 11 is 0. The zero-order chi connectivity index (χ0) is 9.23. The molecule has 0 spiro atoms. The van der Waals surface area contributed by atoms with E-state index in [9.17, 15) is 0 Å². The largest absolute Gasteiger partial charge is 0.364 e. The van der Waals surface area contributed by atoms with E-state index in [-0.39, 0.29) is 6.23 Å². The molecule has 0 saturated carbocycles. The predicted octanol–water partition coefficient (Wildman–Crippen LogP) is 1.22. The molecule has 0 aliphatic heterocycles. The Morgan fingerprint density at radius 2 is 2.00 bits per heavy atom. The lowest BCUT2D eigenvalue weighted by molar-refractivity contribution is 0.0510. The first-order chi connectivity index (χ1) is 5.81. The molecule has 0 aromatic carbocycles. The number of hydrogen-bond acceptors (Lipinski definition) is 3. The van der Waals surface area contributed by atoms with E-state index in [4.69, 9.17) is 16.2 Å². The van der Waals surface area contributed by atoms with Crippen molar-refractivity contribution in [1.82, 2.24) is 0 Å². The van der Waals surface area contributed by atoms with Crippen LogP contribution in [0.3, 0.4) is 0 Å². The number of unbranched alkanes of at least 4 members (excludes halogenated alkanes) is 3. The molecule has 0 aliphatic rings. The molecular weight excluding hydrogens is 152 g/mol. The first kappa shape index (κ1) is 11.9. The second kappa shape index (κ2) is 8.97. The minimum Gasteiger partial charge on any atom is -0.364 e. The van der Waals surface area contributed by atoms with Crippen molar-refractivity contribution < 1.29 is 4.74 Å². The Hall–Kier alpha value is -0.120. The predicted molar refractivity (Wildman–Crippen MR) is 51.7 cm³/mol. The first-order valence-corrected chi connectivity index (χ1v) is 4.88. The van der Waals surface area contributed by atoms with Crippen LogP contribution in [0, 0.1) is 0 Å². The van der Waals surface area contributed by atoms with Crippen molar-refractivity contribution in [2.75, 3.05) is 13.2 Å². The van der Waals surface area contributed by atoms with Gasteiger partial charge in [-0.05, 0) is 19.4 Å². The lowest BCUT2D eigenvalue weighted by Crippen LogP contribution is -2.27. The maximum absolute atomic E-state index is 5.60. The summed E-state index contributed by atoms with van der Waals surface area (Å²) in [5.74, 6) is 0. The monoisotopic (exact) mass is 174 g/mol. The molecule has 1 atom stereocenters. The zero-order valence-electron chi connectivity index (χ0n) is 8.09. The van der Waals surface area contributed by atoms with E-state index in [1.54, 1.807) is 0 Å². The lowest BCUT2D eigenvalue weighted by Gasteiger charge is -2.11. The highest BCUT2D eigenvalue weighted by molar-refractivity contribution is 4.48. The Morgan fingerprint density at radius 1 is 1.25 bits per heavy atom. The maximum Gasteiger partial charge on any atom is 0.106 e. The van der Waals surface area contributed by atoms with Crippen LogP contribution in [0.2, 0.25) is 0 Å². The van der Waals surface area contributed by atoms with Gasteiger partial charge in [-0.15, -0.1) is 0 Å². The van der Waals surface area contributed by atoms with Crippen molar-refractivity contribution >= 4 is 0 Å². The molecule has 0 bridgehead atoms. The molecule has 74 valence electrons. The maximum atomic E-state index is 5.60. The van der Waals surface area contributed by atoms with E-state index < -0.39 is 0 Å². The van der Waals surface area contributed by atoms with Crippen LogP contribution in [0.5, 0.6) is 0 Å². The van der Waals surface area contributed by atoms with E-state index in [2.05, 4.69) is 6.92 Å². The summed E-state index contributed by atoms with van der Waals surface area (Å²) < 4.78 is 5.33. The standard InChI is InChI=1S/C9H22N2O/c1-2-3-4-5-8-12-9(11)6-7-10/h9H,2-8,10-11H2,1H3. The molecule has 4 N–H and O–H groups in total. The summed E-state index contributed by atoms with van der Waals surface area (Å²) in [6.45, 7) is 3.58. The molecule has 0 fully saturated rings. The van der Waals surface area contributed by atoms with Crippen molar-refractivity contribution in [3.63, 3.8) is 0 Å². The van der Waals surface area contributed by atoms with Gasteiger partial charge in [0, 0.05) is 6.61 Å². The van der Waals surface area contributed by atoms with Gasteiger partial charge in [0.05, 0.1) is 0 Å². The van der Waals surface area contributed by atoms with Crippen LogP contribution in [0.4, 0.5) is 0 Å². The van der Waals surface area contributed by atoms with Crippen LogP contribution >= 0.6 is 0 Å². The Balaban J connectivity index is 2.97. The SMILES string of the molecule is CCCCCCOC(N)CCN. The number of hydrogen-bond donors (Lipinski definition) is 2. The van der Waals surface area contributed by atoms with E-state index in [1.807, 2.05) is 0 Å². The Morgan fingerprint density at radius 3 is 2.58 bits per heavy atom. The van der Waals surface area contributed by atoms with E-state index in [0.29, 0.717) is 6.54 Å². The van der Waals surface area contributed by atoms with Crippen molar-refractivity contribution in [2.45, 2.75) is 45.3 Å². The van der Waals surface area contributed by atoms with E-state index in [1.165, 1.54) is 19.3 Å². The van der Waals surface area contributed by atoms with Crippen LogP contribution in [0.25, 0.3) is 0 Å². The van der Waals surface area contributed by atoms with Gasteiger partial charge >= 0.3 is 0 Å². The Bertz CT molecular complexity index is 88.6. The highest BCUT2D eigenvalue weighted by atomic mass is 16.5. The third-order valence-electron chi connectivity index (χ3n) is 1.78. The van der Waals surface area contributed by atoms with Gasteiger partial charge < -0.3 is 16.2 Å². The molecule has 0 amide bonds. The minimum atomic E-state index is -0.156. The normalized spacial score (nSPS) is 13.2. The Kier molecular flexibility index (Phi) is 8.88. The van der Waals surface area contributed by atoms with E-state index >= 15 is 0 Å². The summed E-state index contributed by atoms with van der Waals surface area (Å²) in [6, 6.07) is 0. The average Bonchev–Trinajstić information content (AvgIpc) is 2.05. The Labute approximate surface area is 75.5 Å². The molecule has 0 radical (unpaired) electrons. The molecule has 0 aliphatic carbocycles. The number of nitrogens with two attached hydrogens (primary N) is 2. The topological polar surface area (TPSA) is 61.3 Å². The fourth-order valence-electron chi connectivity index (χ4n) is 1.01. The van der Waals surface area contributed by atoms with Crippen LogP contribution in [-0.2, 0) is 4.74 Å². The van der Waals surface area contributed by atoms with Crippen molar-refractivity contribution in [3.05, 3.63) is 0 Å². The van der Waals surface area contributed by atoms with E-state index in [0.717, 1.165) is 19.4 Å². The summed E-state index contributed by atoms with van der Waals surface area (Å²) in [4.78, 5) is 0. The second-order valence-electron chi connectivity index (χ2n) is 3.05. The van der Waals surface area contributed by atoms with Gasteiger partial charge in [0.15, 0.2) is 0 Å². The van der Waals surface area contributed by atoms with Crippen LogP contribution < -0.4 is 11.5 Å². The van der Waals surface area contributed by atoms with Crippen molar-refractivity contribution in [2.24, 2.45) is 11.5 Å². The fourth-order valence-corrected chi connectivity index (χ4v) is 1.01.